The van der Waals surface area contributed by atoms with Crippen molar-refractivity contribution in [3.63, 3.8) is 0 Å². The minimum atomic E-state index is -0.403. The standard InChI is InChI=1S/C17H13BrFNO2/c1-11(21)20-15-4-2-3-13(10-15)17(22)8-5-12-9-14(18)6-7-16(12)19/h2-10H,1H3,(H,20,21)/b8-5+. The monoisotopic (exact) mass is 361 g/mol. The van der Waals surface area contributed by atoms with Gasteiger partial charge in [0.2, 0.25) is 5.91 Å². The molecule has 5 heteroatoms. The van der Waals surface area contributed by atoms with Crippen LogP contribution in [0.15, 0.2) is 53.0 Å². The Hall–Kier alpha value is -2.27. The first-order valence-corrected chi connectivity index (χ1v) is 7.30. The van der Waals surface area contributed by atoms with Gasteiger partial charge in [0.05, 0.1) is 0 Å². The maximum absolute atomic E-state index is 13.6. The lowest BCUT2D eigenvalue weighted by Gasteiger charge is -2.03. The lowest BCUT2D eigenvalue weighted by molar-refractivity contribution is -0.114. The predicted octanol–water partition coefficient (Wildman–Crippen LogP) is 4.44. The van der Waals surface area contributed by atoms with Crippen LogP contribution in [-0.4, -0.2) is 11.7 Å². The van der Waals surface area contributed by atoms with Gasteiger partial charge in [-0.2, -0.15) is 0 Å². The molecule has 22 heavy (non-hydrogen) atoms. The predicted molar refractivity (Wildman–Crippen MR) is 88.2 cm³/mol. The van der Waals surface area contributed by atoms with Crippen molar-refractivity contribution in [2.75, 3.05) is 5.32 Å². The van der Waals surface area contributed by atoms with E-state index in [9.17, 15) is 14.0 Å². The van der Waals surface area contributed by atoms with E-state index in [1.165, 1.54) is 25.1 Å². The number of rotatable bonds is 4. The molecule has 0 aromatic heterocycles. The molecule has 0 aliphatic carbocycles. The molecule has 3 nitrogen and oxygen atoms in total. The number of nitrogens with one attached hydrogen (secondary N) is 1. The molecule has 0 radical (unpaired) electrons. The average Bonchev–Trinajstić information content (AvgIpc) is 2.47. The van der Waals surface area contributed by atoms with Crippen molar-refractivity contribution in [1.82, 2.24) is 0 Å². The Bertz CT molecular complexity index is 756. The van der Waals surface area contributed by atoms with E-state index in [0.29, 0.717) is 16.8 Å². The minimum Gasteiger partial charge on any atom is -0.326 e. The summed E-state index contributed by atoms with van der Waals surface area (Å²) < 4.78 is 14.3. The van der Waals surface area contributed by atoms with Gasteiger partial charge in [0.15, 0.2) is 5.78 Å². The van der Waals surface area contributed by atoms with E-state index in [-0.39, 0.29) is 11.7 Å². The molecule has 0 fully saturated rings. The Morgan fingerprint density at radius 1 is 1.18 bits per heavy atom. The smallest absolute Gasteiger partial charge is 0.221 e. The van der Waals surface area contributed by atoms with Gasteiger partial charge >= 0.3 is 0 Å². The highest BCUT2D eigenvalue weighted by molar-refractivity contribution is 9.10. The highest BCUT2D eigenvalue weighted by atomic mass is 79.9. The zero-order valence-electron chi connectivity index (χ0n) is 11.8. The number of ketones is 1. The molecule has 0 saturated heterocycles. The number of hydrogen-bond acceptors (Lipinski definition) is 2. The fraction of sp³-hybridized carbons (Fsp3) is 0.0588. The minimum absolute atomic E-state index is 0.212. The van der Waals surface area contributed by atoms with Crippen molar-refractivity contribution in [1.29, 1.82) is 0 Å². The molecule has 0 bridgehead atoms. The van der Waals surface area contributed by atoms with Crippen molar-refractivity contribution >= 4 is 39.4 Å². The third-order valence-corrected chi connectivity index (χ3v) is 3.33. The fourth-order valence-electron chi connectivity index (χ4n) is 1.86. The number of halogens is 2. The zero-order chi connectivity index (χ0) is 16.1. The number of anilines is 1. The summed E-state index contributed by atoms with van der Waals surface area (Å²) in [4.78, 5) is 23.1. The van der Waals surface area contributed by atoms with Gasteiger partial charge in [-0.15, -0.1) is 0 Å². The molecule has 0 saturated carbocycles. The van der Waals surface area contributed by atoms with Crippen molar-refractivity contribution < 1.29 is 14.0 Å². The second-order valence-electron chi connectivity index (χ2n) is 4.63. The molecule has 112 valence electrons. The van der Waals surface area contributed by atoms with Crippen LogP contribution in [0.4, 0.5) is 10.1 Å². The second-order valence-corrected chi connectivity index (χ2v) is 5.54. The molecular weight excluding hydrogens is 349 g/mol. The van der Waals surface area contributed by atoms with Crippen LogP contribution in [0, 0.1) is 5.82 Å². The summed E-state index contributed by atoms with van der Waals surface area (Å²) >= 11 is 3.25. The highest BCUT2D eigenvalue weighted by Crippen LogP contribution is 2.17. The van der Waals surface area contributed by atoms with Gasteiger partial charge in [-0.25, -0.2) is 4.39 Å². The molecule has 0 spiro atoms. The molecular formula is C17H13BrFNO2. The molecule has 2 aromatic carbocycles. The lowest BCUT2D eigenvalue weighted by Crippen LogP contribution is -2.06. The number of benzene rings is 2. The summed E-state index contributed by atoms with van der Waals surface area (Å²) in [6, 6.07) is 11.1. The molecule has 0 atom stereocenters. The van der Waals surface area contributed by atoms with Crippen molar-refractivity contribution in [2.45, 2.75) is 6.92 Å². The normalized spacial score (nSPS) is 10.7. The number of allylic oxidation sites excluding steroid dienone is 1. The van der Waals surface area contributed by atoms with Crippen molar-refractivity contribution in [2.24, 2.45) is 0 Å². The van der Waals surface area contributed by atoms with E-state index in [4.69, 9.17) is 0 Å². The van der Waals surface area contributed by atoms with Crippen LogP contribution in [0.25, 0.3) is 6.08 Å². The highest BCUT2D eigenvalue weighted by Gasteiger charge is 2.05. The SMILES string of the molecule is CC(=O)Nc1cccc(C(=O)/C=C/c2cc(Br)ccc2F)c1. The van der Waals surface area contributed by atoms with Crippen LogP contribution < -0.4 is 5.32 Å². The number of carbonyl (C=O) groups excluding carboxylic acids is 2. The van der Waals surface area contributed by atoms with E-state index in [0.717, 1.165) is 4.47 Å². The summed E-state index contributed by atoms with van der Waals surface area (Å²) in [7, 11) is 0. The Labute approximate surface area is 136 Å². The maximum Gasteiger partial charge on any atom is 0.221 e. The largest absolute Gasteiger partial charge is 0.326 e. The lowest BCUT2D eigenvalue weighted by atomic mass is 10.1. The Kier molecular flexibility index (Phi) is 5.22. The molecule has 0 heterocycles. The van der Waals surface area contributed by atoms with Gasteiger partial charge in [0.1, 0.15) is 5.82 Å². The van der Waals surface area contributed by atoms with E-state index < -0.39 is 5.82 Å². The zero-order valence-corrected chi connectivity index (χ0v) is 13.4. The number of carbonyl (C=O) groups is 2. The van der Waals surface area contributed by atoms with E-state index in [2.05, 4.69) is 21.2 Å². The van der Waals surface area contributed by atoms with Crippen molar-refractivity contribution in [3.8, 4) is 0 Å². The van der Waals surface area contributed by atoms with E-state index in [1.807, 2.05) is 0 Å². The Balaban J connectivity index is 2.20. The molecule has 2 aromatic rings. The van der Waals surface area contributed by atoms with Crippen LogP contribution in [0.1, 0.15) is 22.8 Å². The van der Waals surface area contributed by atoms with Gasteiger partial charge in [0.25, 0.3) is 0 Å². The van der Waals surface area contributed by atoms with Gasteiger partial charge in [0, 0.05) is 28.2 Å². The Morgan fingerprint density at radius 3 is 2.68 bits per heavy atom. The van der Waals surface area contributed by atoms with E-state index >= 15 is 0 Å². The first-order chi connectivity index (χ1) is 10.5. The van der Waals surface area contributed by atoms with Crippen LogP contribution in [-0.2, 0) is 4.79 Å². The summed E-state index contributed by atoms with van der Waals surface area (Å²) in [6.07, 6.45) is 2.73. The molecule has 1 N–H and O–H groups in total. The quantitative estimate of drug-likeness (QED) is 0.646. The third-order valence-electron chi connectivity index (χ3n) is 2.84. The topological polar surface area (TPSA) is 46.2 Å². The van der Waals surface area contributed by atoms with Crippen LogP contribution in [0.2, 0.25) is 0 Å². The van der Waals surface area contributed by atoms with Gasteiger partial charge in [-0.05, 0) is 42.5 Å². The number of hydrogen-bond donors (Lipinski definition) is 1. The molecule has 2 rings (SSSR count). The molecule has 0 aliphatic rings. The van der Waals surface area contributed by atoms with Gasteiger partial charge in [-0.1, -0.05) is 28.1 Å². The first-order valence-electron chi connectivity index (χ1n) is 6.51. The summed E-state index contributed by atoms with van der Waals surface area (Å²) in [5.74, 6) is -0.887. The summed E-state index contributed by atoms with van der Waals surface area (Å²) in [6.45, 7) is 1.39. The van der Waals surface area contributed by atoms with Crippen LogP contribution in [0.3, 0.4) is 0 Å². The summed E-state index contributed by atoms with van der Waals surface area (Å²) in [5.41, 5.74) is 1.28. The van der Waals surface area contributed by atoms with Crippen LogP contribution >= 0.6 is 15.9 Å². The summed E-state index contributed by atoms with van der Waals surface area (Å²) in [5, 5.41) is 2.61. The second kappa shape index (κ2) is 7.13. The van der Waals surface area contributed by atoms with Crippen molar-refractivity contribution in [3.05, 3.63) is 70.0 Å². The van der Waals surface area contributed by atoms with Crippen LogP contribution in [0.5, 0.6) is 0 Å². The average molecular weight is 362 g/mol. The third kappa shape index (κ3) is 4.36. The fourth-order valence-corrected chi connectivity index (χ4v) is 2.24. The van der Waals surface area contributed by atoms with Gasteiger partial charge < -0.3 is 5.32 Å². The molecule has 0 aliphatic heterocycles. The Morgan fingerprint density at radius 2 is 1.95 bits per heavy atom. The van der Waals surface area contributed by atoms with E-state index in [1.54, 1.807) is 36.4 Å². The maximum atomic E-state index is 13.6. The first kappa shape index (κ1) is 16.1. The number of amides is 1. The molecule has 1 amide bonds. The van der Waals surface area contributed by atoms with Gasteiger partial charge in [-0.3, -0.25) is 9.59 Å². The molecule has 0 unspecified atom stereocenters.